The molecule has 94 valence electrons. The van der Waals surface area contributed by atoms with Gasteiger partial charge in [0.15, 0.2) is 5.82 Å². The van der Waals surface area contributed by atoms with Gasteiger partial charge in [-0.05, 0) is 18.6 Å². The lowest BCUT2D eigenvalue weighted by molar-refractivity contribution is 0.544. The van der Waals surface area contributed by atoms with Crippen LogP contribution in [-0.4, -0.2) is 19.9 Å². The molecule has 0 amide bonds. The van der Waals surface area contributed by atoms with Gasteiger partial charge in [0, 0.05) is 23.4 Å². The first-order chi connectivity index (χ1) is 8.38. The van der Waals surface area contributed by atoms with Crippen LogP contribution < -0.4 is 5.73 Å². The highest BCUT2D eigenvalue weighted by Crippen LogP contribution is 2.23. The second-order valence-corrected chi connectivity index (χ2v) is 5.28. The van der Waals surface area contributed by atoms with Gasteiger partial charge in [-0.2, -0.15) is 9.97 Å². The maximum absolute atomic E-state index is 5.76. The van der Waals surface area contributed by atoms with E-state index in [0.29, 0.717) is 11.6 Å². The van der Waals surface area contributed by atoms with E-state index in [-0.39, 0.29) is 11.4 Å². The fourth-order valence-corrected chi connectivity index (χ4v) is 1.55. The minimum atomic E-state index is -0.165. The second kappa shape index (κ2) is 4.33. The molecule has 0 aliphatic rings. The Kier molecular flexibility index (Phi) is 2.98. The van der Waals surface area contributed by atoms with Crippen LogP contribution in [0.1, 0.15) is 32.2 Å². The summed E-state index contributed by atoms with van der Waals surface area (Å²) < 4.78 is 0. The number of anilines is 1. The number of rotatable bonds is 1. The van der Waals surface area contributed by atoms with Gasteiger partial charge in [0.2, 0.25) is 5.95 Å². The lowest BCUT2D eigenvalue weighted by Gasteiger charge is -2.17. The fourth-order valence-electron chi connectivity index (χ4n) is 1.55. The molecule has 0 atom stereocenters. The van der Waals surface area contributed by atoms with Crippen LogP contribution in [-0.2, 0) is 5.41 Å². The van der Waals surface area contributed by atoms with Gasteiger partial charge in [-0.3, -0.25) is 4.98 Å². The second-order valence-electron chi connectivity index (χ2n) is 5.28. The highest BCUT2D eigenvalue weighted by Gasteiger charge is 2.20. The Bertz CT molecular complexity index is 572. The third kappa shape index (κ3) is 2.45. The van der Waals surface area contributed by atoms with Crippen LogP contribution in [0.3, 0.4) is 0 Å². The SMILES string of the molecule is Cc1ccncc1-c1nc(N)nc(C(C)(C)C)n1. The number of nitrogen functional groups attached to an aromatic ring is 1. The maximum Gasteiger partial charge on any atom is 0.223 e. The first-order valence-electron chi connectivity index (χ1n) is 5.81. The highest BCUT2D eigenvalue weighted by molar-refractivity contribution is 5.59. The van der Waals surface area contributed by atoms with Crippen LogP contribution in [0.15, 0.2) is 18.5 Å². The Labute approximate surface area is 107 Å². The van der Waals surface area contributed by atoms with Crippen LogP contribution in [0.5, 0.6) is 0 Å². The number of hydrogen-bond donors (Lipinski definition) is 1. The zero-order valence-electron chi connectivity index (χ0n) is 11.1. The summed E-state index contributed by atoms with van der Waals surface area (Å²) in [5, 5.41) is 0. The van der Waals surface area contributed by atoms with Crippen molar-refractivity contribution in [3.63, 3.8) is 0 Å². The molecule has 2 aromatic rings. The topological polar surface area (TPSA) is 77.6 Å². The molecule has 18 heavy (non-hydrogen) atoms. The Morgan fingerprint density at radius 1 is 1.11 bits per heavy atom. The molecule has 2 aromatic heterocycles. The van der Waals surface area contributed by atoms with Crippen LogP contribution >= 0.6 is 0 Å². The van der Waals surface area contributed by atoms with Gasteiger partial charge in [0.05, 0.1) is 0 Å². The minimum Gasteiger partial charge on any atom is -0.368 e. The summed E-state index contributed by atoms with van der Waals surface area (Å²) in [7, 11) is 0. The van der Waals surface area contributed by atoms with Crippen molar-refractivity contribution in [2.24, 2.45) is 0 Å². The van der Waals surface area contributed by atoms with Crippen LogP contribution in [0.4, 0.5) is 5.95 Å². The minimum absolute atomic E-state index is 0.165. The Balaban J connectivity index is 2.60. The van der Waals surface area contributed by atoms with E-state index in [1.54, 1.807) is 12.4 Å². The van der Waals surface area contributed by atoms with Gasteiger partial charge in [-0.25, -0.2) is 4.98 Å². The van der Waals surface area contributed by atoms with Gasteiger partial charge in [0.1, 0.15) is 5.82 Å². The number of aryl methyl sites for hydroxylation is 1. The monoisotopic (exact) mass is 243 g/mol. The van der Waals surface area contributed by atoms with Gasteiger partial charge in [-0.15, -0.1) is 0 Å². The number of nitrogens with two attached hydrogens (primary N) is 1. The molecule has 0 saturated carbocycles. The Morgan fingerprint density at radius 3 is 2.44 bits per heavy atom. The first kappa shape index (κ1) is 12.4. The molecule has 0 unspecified atom stereocenters. The quantitative estimate of drug-likeness (QED) is 0.830. The van der Waals surface area contributed by atoms with E-state index in [9.17, 15) is 0 Å². The number of hydrogen-bond acceptors (Lipinski definition) is 5. The number of pyridine rings is 1. The van der Waals surface area contributed by atoms with Gasteiger partial charge in [0.25, 0.3) is 0 Å². The van der Waals surface area contributed by atoms with Crippen molar-refractivity contribution in [3.05, 3.63) is 29.8 Å². The van der Waals surface area contributed by atoms with Crippen molar-refractivity contribution in [1.29, 1.82) is 0 Å². The molecule has 0 aliphatic carbocycles. The highest BCUT2D eigenvalue weighted by atomic mass is 15.1. The number of aromatic nitrogens is 4. The smallest absolute Gasteiger partial charge is 0.223 e. The average molecular weight is 243 g/mol. The van der Waals surface area contributed by atoms with E-state index in [4.69, 9.17) is 5.73 Å². The summed E-state index contributed by atoms with van der Waals surface area (Å²) in [5.74, 6) is 1.51. The molecule has 2 N–H and O–H groups in total. The predicted molar refractivity (Wildman–Crippen MR) is 70.9 cm³/mol. The van der Waals surface area contributed by atoms with Gasteiger partial charge < -0.3 is 5.73 Å². The fraction of sp³-hybridized carbons (Fsp3) is 0.385. The molecule has 0 fully saturated rings. The summed E-state index contributed by atoms with van der Waals surface area (Å²) >= 11 is 0. The predicted octanol–water partition coefficient (Wildman–Crippen LogP) is 2.12. The molecule has 2 heterocycles. The van der Waals surface area contributed by atoms with Crippen molar-refractivity contribution < 1.29 is 0 Å². The molecule has 0 aromatic carbocycles. The zero-order valence-corrected chi connectivity index (χ0v) is 11.1. The third-order valence-electron chi connectivity index (χ3n) is 2.60. The lowest BCUT2D eigenvalue weighted by atomic mass is 9.96. The normalized spacial score (nSPS) is 11.6. The molecule has 0 aliphatic heterocycles. The summed E-state index contributed by atoms with van der Waals surface area (Å²) in [6, 6.07) is 1.92. The molecule has 2 rings (SSSR count). The molecule has 5 heteroatoms. The van der Waals surface area contributed by atoms with Crippen LogP contribution in [0.2, 0.25) is 0 Å². The van der Waals surface area contributed by atoms with Gasteiger partial charge >= 0.3 is 0 Å². The summed E-state index contributed by atoms with van der Waals surface area (Å²) in [5.41, 5.74) is 7.55. The maximum atomic E-state index is 5.76. The van der Waals surface area contributed by atoms with Crippen LogP contribution in [0.25, 0.3) is 11.4 Å². The molecule has 0 saturated heterocycles. The molecular weight excluding hydrogens is 226 g/mol. The van der Waals surface area contributed by atoms with E-state index in [0.717, 1.165) is 11.1 Å². The van der Waals surface area contributed by atoms with Gasteiger partial charge in [-0.1, -0.05) is 20.8 Å². The van der Waals surface area contributed by atoms with Crippen molar-refractivity contribution in [1.82, 2.24) is 19.9 Å². The summed E-state index contributed by atoms with van der Waals surface area (Å²) in [4.78, 5) is 17.0. The molecule has 0 spiro atoms. The largest absolute Gasteiger partial charge is 0.368 e. The standard InChI is InChI=1S/C13H17N5/c1-8-5-6-15-7-9(8)10-16-11(13(2,3)4)18-12(14)17-10/h5-7H,1-4H3,(H2,14,16,17,18). The van der Waals surface area contributed by atoms with Crippen molar-refractivity contribution >= 4 is 5.95 Å². The Hall–Kier alpha value is -2.04. The lowest BCUT2D eigenvalue weighted by Crippen LogP contribution is -2.18. The Morgan fingerprint density at radius 2 is 1.83 bits per heavy atom. The molecule has 5 nitrogen and oxygen atoms in total. The number of nitrogens with zero attached hydrogens (tertiary/aromatic N) is 4. The van der Waals surface area contributed by atoms with E-state index in [1.165, 1.54) is 0 Å². The van der Waals surface area contributed by atoms with E-state index in [1.807, 2.05) is 33.8 Å². The van der Waals surface area contributed by atoms with E-state index in [2.05, 4.69) is 19.9 Å². The molecular formula is C13H17N5. The van der Waals surface area contributed by atoms with E-state index < -0.39 is 0 Å². The van der Waals surface area contributed by atoms with Crippen molar-refractivity contribution in [2.75, 3.05) is 5.73 Å². The van der Waals surface area contributed by atoms with Crippen molar-refractivity contribution in [2.45, 2.75) is 33.1 Å². The zero-order chi connectivity index (χ0) is 13.3. The third-order valence-corrected chi connectivity index (χ3v) is 2.60. The average Bonchev–Trinajstić information content (AvgIpc) is 2.27. The molecule has 0 radical (unpaired) electrons. The summed E-state index contributed by atoms with van der Waals surface area (Å²) in [6.07, 6.45) is 3.49. The van der Waals surface area contributed by atoms with Crippen molar-refractivity contribution in [3.8, 4) is 11.4 Å². The van der Waals surface area contributed by atoms with Crippen LogP contribution in [0, 0.1) is 6.92 Å². The molecule has 0 bridgehead atoms. The summed E-state index contributed by atoms with van der Waals surface area (Å²) in [6.45, 7) is 8.12. The van der Waals surface area contributed by atoms with E-state index >= 15 is 0 Å². The first-order valence-corrected chi connectivity index (χ1v) is 5.81.